The highest BCUT2D eigenvalue weighted by atomic mass is 16.5. The van der Waals surface area contributed by atoms with Crippen molar-refractivity contribution in [1.82, 2.24) is 9.97 Å². The molecule has 0 radical (unpaired) electrons. The summed E-state index contributed by atoms with van der Waals surface area (Å²) in [5.41, 5.74) is 1.19. The van der Waals surface area contributed by atoms with Crippen LogP contribution in [0, 0.1) is 0 Å². The predicted octanol–water partition coefficient (Wildman–Crippen LogP) is 2.45. The maximum atomic E-state index is 5.58. The molecule has 1 aromatic heterocycles. The molecule has 1 aromatic rings. The number of anilines is 2. The molecule has 0 bridgehead atoms. The number of nitrogens with one attached hydrogen (secondary N) is 2. The normalized spacial score (nSPS) is 23.1. The van der Waals surface area contributed by atoms with Gasteiger partial charge in [0.15, 0.2) is 0 Å². The molecular weight excluding hydrogens is 240 g/mol. The summed E-state index contributed by atoms with van der Waals surface area (Å²) in [5.74, 6) is 1.90. The molecule has 0 aromatic carbocycles. The van der Waals surface area contributed by atoms with Crippen molar-refractivity contribution in [3.8, 4) is 0 Å². The molecule has 0 saturated carbocycles. The molecule has 1 fully saturated rings. The smallest absolute Gasteiger partial charge is 0.134 e. The lowest BCUT2D eigenvalue weighted by molar-refractivity contribution is 0.0231. The van der Waals surface area contributed by atoms with Gasteiger partial charge in [0.1, 0.15) is 18.0 Å². The van der Waals surface area contributed by atoms with Gasteiger partial charge in [-0.3, -0.25) is 0 Å². The van der Waals surface area contributed by atoms with Gasteiger partial charge >= 0.3 is 0 Å². The first-order valence-electron chi connectivity index (χ1n) is 7.14. The van der Waals surface area contributed by atoms with E-state index < -0.39 is 0 Å². The minimum absolute atomic E-state index is 0.325. The first-order chi connectivity index (χ1) is 9.24. The van der Waals surface area contributed by atoms with Gasteiger partial charge in [-0.05, 0) is 26.2 Å². The van der Waals surface area contributed by atoms with E-state index in [0.29, 0.717) is 12.1 Å². The third kappa shape index (κ3) is 3.56. The third-order valence-corrected chi connectivity index (χ3v) is 3.51. The van der Waals surface area contributed by atoms with Gasteiger partial charge in [-0.2, -0.15) is 0 Å². The Labute approximate surface area is 115 Å². The van der Waals surface area contributed by atoms with Crippen LogP contribution in [0.2, 0.25) is 0 Å². The topological polar surface area (TPSA) is 59.1 Å². The number of rotatable bonds is 5. The molecule has 0 aliphatic carbocycles. The molecule has 1 saturated heterocycles. The largest absolute Gasteiger partial charge is 0.378 e. The summed E-state index contributed by atoms with van der Waals surface area (Å²) in [7, 11) is 1.90. The lowest BCUT2D eigenvalue weighted by atomic mass is 10.0. The Bertz CT molecular complexity index is 410. The van der Waals surface area contributed by atoms with Crippen molar-refractivity contribution in [3.05, 3.63) is 11.9 Å². The van der Waals surface area contributed by atoms with Crippen LogP contribution in [0.4, 0.5) is 11.6 Å². The van der Waals surface area contributed by atoms with Crippen molar-refractivity contribution >= 4 is 11.6 Å². The second-order valence-corrected chi connectivity index (χ2v) is 5.10. The van der Waals surface area contributed by atoms with Crippen molar-refractivity contribution in [1.29, 1.82) is 0 Å². The zero-order valence-corrected chi connectivity index (χ0v) is 12.1. The molecule has 2 rings (SSSR count). The van der Waals surface area contributed by atoms with Crippen molar-refractivity contribution in [2.24, 2.45) is 0 Å². The van der Waals surface area contributed by atoms with E-state index in [1.807, 2.05) is 7.05 Å². The average Bonchev–Trinajstić information content (AvgIpc) is 2.41. The van der Waals surface area contributed by atoms with E-state index in [2.05, 4.69) is 34.4 Å². The Morgan fingerprint density at radius 2 is 2.16 bits per heavy atom. The highest BCUT2D eigenvalue weighted by Crippen LogP contribution is 2.24. The van der Waals surface area contributed by atoms with Gasteiger partial charge in [-0.15, -0.1) is 0 Å². The van der Waals surface area contributed by atoms with Gasteiger partial charge in [0, 0.05) is 25.3 Å². The first kappa shape index (κ1) is 14.1. The molecule has 1 aliphatic rings. The van der Waals surface area contributed by atoms with Gasteiger partial charge < -0.3 is 15.4 Å². The Morgan fingerprint density at radius 3 is 2.84 bits per heavy atom. The summed E-state index contributed by atoms with van der Waals surface area (Å²) in [6.07, 6.45) is 6.08. The molecule has 0 spiro atoms. The Balaban J connectivity index is 2.14. The summed E-state index contributed by atoms with van der Waals surface area (Å²) >= 11 is 0. The minimum Gasteiger partial charge on any atom is -0.378 e. The Morgan fingerprint density at radius 1 is 1.37 bits per heavy atom. The molecule has 2 N–H and O–H groups in total. The van der Waals surface area contributed by atoms with E-state index in [4.69, 9.17) is 4.74 Å². The molecule has 106 valence electrons. The standard InChI is InChI=1S/C14H24N4O/c1-4-5-12-13(15-3)16-9-17-14(12)18-11-6-7-19-10(2)8-11/h9-11H,4-8H2,1-3H3,(H2,15,16,17,18). The van der Waals surface area contributed by atoms with Crippen molar-refractivity contribution < 1.29 is 4.74 Å². The molecular formula is C14H24N4O. The van der Waals surface area contributed by atoms with Crippen LogP contribution in [-0.4, -0.2) is 35.8 Å². The van der Waals surface area contributed by atoms with Crippen LogP contribution in [0.3, 0.4) is 0 Å². The second-order valence-electron chi connectivity index (χ2n) is 5.10. The summed E-state index contributed by atoms with van der Waals surface area (Å²) < 4.78 is 5.58. The van der Waals surface area contributed by atoms with Crippen LogP contribution in [0.1, 0.15) is 38.7 Å². The average molecular weight is 264 g/mol. The van der Waals surface area contributed by atoms with Gasteiger partial charge in [0.25, 0.3) is 0 Å². The number of hydrogen-bond acceptors (Lipinski definition) is 5. The van der Waals surface area contributed by atoms with Gasteiger partial charge in [0.2, 0.25) is 0 Å². The molecule has 5 heteroatoms. The van der Waals surface area contributed by atoms with Gasteiger partial charge in [0.05, 0.1) is 6.10 Å². The maximum absolute atomic E-state index is 5.58. The summed E-state index contributed by atoms with van der Waals surface area (Å²) in [4.78, 5) is 8.72. The van der Waals surface area contributed by atoms with E-state index in [-0.39, 0.29) is 0 Å². The van der Waals surface area contributed by atoms with Crippen LogP contribution >= 0.6 is 0 Å². The SMILES string of the molecule is CCCc1c(NC)ncnc1NC1CCOC(C)C1. The minimum atomic E-state index is 0.325. The van der Waals surface area contributed by atoms with Crippen LogP contribution in [-0.2, 0) is 11.2 Å². The Hall–Kier alpha value is -1.36. The fourth-order valence-electron chi connectivity index (χ4n) is 2.56. The molecule has 0 amide bonds. The molecule has 2 unspecified atom stereocenters. The van der Waals surface area contributed by atoms with E-state index in [9.17, 15) is 0 Å². The van der Waals surface area contributed by atoms with Crippen LogP contribution < -0.4 is 10.6 Å². The maximum Gasteiger partial charge on any atom is 0.134 e. The lowest BCUT2D eigenvalue weighted by Gasteiger charge is -2.29. The highest BCUT2D eigenvalue weighted by molar-refractivity contribution is 5.57. The third-order valence-electron chi connectivity index (χ3n) is 3.51. The fraction of sp³-hybridized carbons (Fsp3) is 0.714. The number of nitrogens with zero attached hydrogens (tertiary/aromatic N) is 2. The van der Waals surface area contributed by atoms with Crippen LogP contribution in [0.25, 0.3) is 0 Å². The second kappa shape index (κ2) is 6.70. The summed E-state index contributed by atoms with van der Waals surface area (Å²) in [6, 6.07) is 0.443. The van der Waals surface area contributed by atoms with Gasteiger partial charge in [-0.1, -0.05) is 13.3 Å². The fourth-order valence-corrected chi connectivity index (χ4v) is 2.56. The predicted molar refractivity (Wildman–Crippen MR) is 77.6 cm³/mol. The monoisotopic (exact) mass is 264 g/mol. The highest BCUT2D eigenvalue weighted by Gasteiger charge is 2.21. The summed E-state index contributed by atoms with van der Waals surface area (Å²) in [5, 5.41) is 6.72. The van der Waals surface area contributed by atoms with Crippen LogP contribution in [0.15, 0.2) is 6.33 Å². The first-order valence-corrected chi connectivity index (χ1v) is 7.14. The Kier molecular flexibility index (Phi) is 4.96. The summed E-state index contributed by atoms with van der Waals surface area (Å²) in [6.45, 7) is 5.12. The van der Waals surface area contributed by atoms with E-state index >= 15 is 0 Å². The molecule has 5 nitrogen and oxygen atoms in total. The van der Waals surface area contributed by atoms with Crippen molar-refractivity contribution in [2.45, 2.75) is 51.7 Å². The van der Waals surface area contributed by atoms with Gasteiger partial charge in [-0.25, -0.2) is 9.97 Å². The van der Waals surface area contributed by atoms with E-state index in [1.165, 1.54) is 5.56 Å². The lowest BCUT2D eigenvalue weighted by Crippen LogP contribution is -2.33. The van der Waals surface area contributed by atoms with Crippen LogP contribution in [0.5, 0.6) is 0 Å². The van der Waals surface area contributed by atoms with Crippen molar-refractivity contribution in [3.63, 3.8) is 0 Å². The molecule has 2 atom stereocenters. The zero-order valence-electron chi connectivity index (χ0n) is 12.1. The van der Waals surface area contributed by atoms with Crippen molar-refractivity contribution in [2.75, 3.05) is 24.3 Å². The molecule has 2 heterocycles. The zero-order chi connectivity index (χ0) is 13.7. The number of aromatic nitrogens is 2. The molecule has 19 heavy (non-hydrogen) atoms. The number of hydrogen-bond donors (Lipinski definition) is 2. The number of ether oxygens (including phenoxy) is 1. The molecule has 1 aliphatic heterocycles. The van der Waals surface area contributed by atoms with E-state index in [0.717, 1.165) is 43.9 Å². The quantitative estimate of drug-likeness (QED) is 0.855. The van der Waals surface area contributed by atoms with E-state index in [1.54, 1.807) is 6.33 Å².